The first kappa shape index (κ1) is 51.2. The molecule has 4 heteroatoms. The second kappa shape index (κ2) is 41.8. The summed E-state index contributed by atoms with van der Waals surface area (Å²) in [5.74, 6) is 1.80. The summed E-state index contributed by atoms with van der Waals surface area (Å²) in [6.45, 7) is 6.90. The number of benzene rings is 1. The SMILES string of the molecule is CCCCCCCCC=CCCCCCCCCOc1ccc(CC(N)CCCCCCCN)cc1OCCCCCCCCC=CCCCCCCCC. The highest BCUT2D eigenvalue weighted by molar-refractivity contribution is 5.43. The number of ether oxygens (including phenoxy) is 2. The van der Waals surface area contributed by atoms with Gasteiger partial charge in [-0.2, -0.15) is 0 Å². The van der Waals surface area contributed by atoms with E-state index in [1.54, 1.807) is 0 Å². The van der Waals surface area contributed by atoms with Crippen molar-refractivity contribution < 1.29 is 9.47 Å². The molecule has 4 nitrogen and oxygen atoms in total. The van der Waals surface area contributed by atoms with E-state index >= 15 is 0 Å². The van der Waals surface area contributed by atoms with Crippen molar-refractivity contribution in [1.82, 2.24) is 0 Å². The molecule has 4 N–H and O–H groups in total. The molecule has 0 aliphatic heterocycles. The maximum absolute atomic E-state index is 6.59. The Hall–Kier alpha value is -1.78. The smallest absolute Gasteiger partial charge is 0.161 e. The van der Waals surface area contributed by atoms with Gasteiger partial charge in [0, 0.05) is 6.04 Å². The highest BCUT2D eigenvalue weighted by Gasteiger charge is 2.11. The average Bonchev–Trinajstić information content (AvgIpc) is 3.19. The van der Waals surface area contributed by atoms with Gasteiger partial charge in [-0.3, -0.25) is 0 Å². The molecule has 55 heavy (non-hydrogen) atoms. The minimum atomic E-state index is 0.186. The van der Waals surface area contributed by atoms with E-state index in [9.17, 15) is 0 Å². The predicted molar refractivity (Wildman–Crippen MR) is 245 cm³/mol. The largest absolute Gasteiger partial charge is 0.490 e. The average molecular weight is 767 g/mol. The lowest BCUT2D eigenvalue weighted by Gasteiger charge is -2.16. The fraction of sp³-hybridized carbons (Fsp3) is 0.804. The molecule has 0 saturated carbocycles. The quantitative estimate of drug-likeness (QED) is 0.0513. The van der Waals surface area contributed by atoms with Crippen LogP contribution in [0.25, 0.3) is 0 Å². The van der Waals surface area contributed by atoms with Crippen molar-refractivity contribution in [2.45, 2.75) is 245 Å². The third-order valence-corrected chi connectivity index (χ3v) is 11.1. The first-order valence-corrected chi connectivity index (χ1v) is 24.3. The number of allylic oxidation sites excluding steroid dienone is 4. The van der Waals surface area contributed by atoms with Crippen LogP contribution in [0.4, 0.5) is 0 Å². The summed E-state index contributed by atoms with van der Waals surface area (Å²) in [7, 11) is 0. The molecule has 0 heterocycles. The summed E-state index contributed by atoms with van der Waals surface area (Å²) >= 11 is 0. The third kappa shape index (κ3) is 35.1. The maximum Gasteiger partial charge on any atom is 0.161 e. The first-order chi connectivity index (χ1) is 27.2. The Labute approximate surface area is 343 Å². The van der Waals surface area contributed by atoms with Crippen LogP contribution < -0.4 is 20.9 Å². The highest BCUT2D eigenvalue weighted by Crippen LogP contribution is 2.30. The summed E-state index contributed by atoms with van der Waals surface area (Å²) in [6, 6.07) is 6.73. The van der Waals surface area contributed by atoms with Gasteiger partial charge in [0.2, 0.25) is 0 Å². The Morgan fingerprint density at radius 1 is 0.455 bits per heavy atom. The normalized spacial score (nSPS) is 12.4. The van der Waals surface area contributed by atoms with Crippen LogP contribution in [0.3, 0.4) is 0 Å². The second-order valence-corrected chi connectivity index (χ2v) is 16.7. The topological polar surface area (TPSA) is 70.5 Å². The van der Waals surface area contributed by atoms with Crippen molar-refractivity contribution >= 4 is 0 Å². The first-order valence-electron chi connectivity index (χ1n) is 24.3. The molecule has 0 amide bonds. The fourth-order valence-electron chi connectivity index (χ4n) is 7.46. The fourth-order valence-corrected chi connectivity index (χ4v) is 7.46. The summed E-state index contributed by atoms with van der Waals surface area (Å²) in [5, 5.41) is 0. The standard InChI is InChI=1S/C51H94N2O2/c1-3-5-7-9-11-13-15-17-19-21-23-25-27-29-34-38-44-54-50-42-41-48(46-49(53)40-36-32-31-33-37-43-52)47-51(50)55-45-39-35-30-28-26-24-22-20-18-16-14-12-10-8-6-4-2/h17-20,41-42,47,49H,3-16,21-40,43-46,52-53H2,1-2H3. The maximum atomic E-state index is 6.59. The molecule has 1 aromatic carbocycles. The molecule has 0 spiro atoms. The van der Waals surface area contributed by atoms with E-state index in [4.69, 9.17) is 20.9 Å². The lowest BCUT2D eigenvalue weighted by atomic mass is 10.00. The van der Waals surface area contributed by atoms with E-state index in [1.165, 1.54) is 198 Å². The van der Waals surface area contributed by atoms with Crippen molar-refractivity contribution in [2.24, 2.45) is 11.5 Å². The summed E-state index contributed by atoms with van der Waals surface area (Å²) in [5.41, 5.74) is 13.5. The van der Waals surface area contributed by atoms with Crippen molar-refractivity contribution in [2.75, 3.05) is 19.8 Å². The summed E-state index contributed by atoms with van der Waals surface area (Å²) in [4.78, 5) is 0. The molecule has 1 aromatic rings. The number of hydrogen-bond donors (Lipinski definition) is 2. The zero-order valence-corrected chi connectivity index (χ0v) is 37.0. The van der Waals surface area contributed by atoms with Crippen LogP contribution in [0, 0.1) is 0 Å². The van der Waals surface area contributed by atoms with Gasteiger partial charge in [-0.05, 0) is 108 Å². The van der Waals surface area contributed by atoms with Crippen molar-refractivity contribution in [3.8, 4) is 11.5 Å². The van der Waals surface area contributed by atoms with Crippen LogP contribution in [-0.4, -0.2) is 25.8 Å². The number of hydrogen-bond acceptors (Lipinski definition) is 4. The molecule has 0 aliphatic carbocycles. The monoisotopic (exact) mass is 767 g/mol. The summed E-state index contributed by atoms with van der Waals surface area (Å²) < 4.78 is 12.7. The van der Waals surface area contributed by atoms with Gasteiger partial charge in [0.25, 0.3) is 0 Å². The van der Waals surface area contributed by atoms with Gasteiger partial charge < -0.3 is 20.9 Å². The van der Waals surface area contributed by atoms with Crippen LogP contribution in [0.2, 0.25) is 0 Å². The van der Waals surface area contributed by atoms with Crippen LogP contribution in [0.5, 0.6) is 11.5 Å². The molecule has 320 valence electrons. The Morgan fingerprint density at radius 3 is 1.29 bits per heavy atom. The van der Waals surface area contributed by atoms with E-state index in [-0.39, 0.29) is 6.04 Å². The Morgan fingerprint density at radius 2 is 0.836 bits per heavy atom. The Bertz CT molecular complexity index is 975. The summed E-state index contributed by atoms with van der Waals surface area (Å²) in [6.07, 6.45) is 54.7. The van der Waals surface area contributed by atoms with E-state index in [0.29, 0.717) is 0 Å². The van der Waals surface area contributed by atoms with Crippen LogP contribution >= 0.6 is 0 Å². The Balaban J connectivity index is 2.32. The van der Waals surface area contributed by atoms with Gasteiger partial charge in [-0.1, -0.05) is 185 Å². The van der Waals surface area contributed by atoms with Gasteiger partial charge in [0.15, 0.2) is 11.5 Å². The molecule has 0 aromatic heterocycles. The van der Waals surface area contributed by atoms with Crippen molar-refractivity contribution in [3.63, 3.8) is 0 Å². The van der Waals surface area contributed by atoms with Gasteiger partial charge in [-0.25, -0.2) is 0 Å². The molecular formula is C51H94N2O2. The predicted octanol–water partition coefficient (Wildman–Crippen LogP) is 15.7. The lowest BCUT2D eigenvalue weighted by molar-refractivity contribution is 0.258. The van der Waals surface area contributed by atoms with E-state index in [0.717, 1.165) is 63.4 Å². The molecular weight excluding hydrogens is 673 g/mol. The van der Waals surface area contributed by atoms with Gasteiger partial charge in [-0.15, -0.1) is 0 Å². The molecule has 0 bridgehead atoms. The molecule has 0 fully saturated rings. The van der Waals surface area contributed by atoms with Crippen molar-refractivity contribution in [3.05, 3.63) is 48.1 Å². The number of nitrogens with two attached hydrogens (primary N) is 2. The zero-order valence-electron chi connectivity index (χ0n) is 37.0. The van der Waals surface area contributed by atoms with E-state index < -0.39 is 0 Å². The van der Waals surface area contributed by atoms with E-state index in [2.05, 4.69) is 56.4 Å². The molecule has 0 radical (unpaired) electrons. The van der Waals surface area contributed by atoms with Crippen LogP contribution in [0.15, 0.2) is 42.5 Å². The molecule has 0 saturated heterocycles. The van der Waals surface area contributed by atoms with E-state index in [1.807, 2.05) is 0 Å². The van der Waals surface area contributed by atoms with Gasteiger partial charge in [0.1, 0.15) is 0 Å². The minimum absolute atomic E-state index is 0.186. The minimum Gasteiger partial charge on any atom is -0.490 e. The highest BCUT2D eigenvalue weighted by atomic mass is 16.5. The molecule has 1 unspecified atom stereocenters. The zero-order chi connectivity index (χ0) is 39.5. The van der Waals surface area contributed by atoms with Gasteiger partial charge >= 0.3 is 0 Å². The van der Waals surface area contributed by atoms with Crippen LogP contribution in [0.1, 0.15) is 238 Å². The number of rotatable bonds is 43. The second-order valence-electron chi connectivity index (χ2n) is 16.7. The Kier molecular flexibility index (Phi) is 39.0. The third-order valence-electron chi connectivity index (χ3n) is 11.1. The van der Waals surface area contributed by atoms with Crippen LogP contribution in [-0.2, 0) is 6.42 Å². The molecule has 0 aliphatic rings. The lowest BCUT2D eigenvalue weighted by Crippen LogP contribution is -2.22. The molecule has 1 rings (SSSR count). The van der Waals surface area contributed by atoms with Crippen molar-refractivity contribution in [1.29, 1.82) is 0 Å². The molecule has 1 atom stereocenters. The number of unbranched alkanes of at least 4 members (excludes halogenated alkanes) is 28. The van der Waals surface area contributed by atoms with Gasteiger partial charge in [0.05, 0.1) is 13.2 Å².